The molecule has 0 aromatic carbocycles. The van der Waals surface area contributed by atoms with Crippen molar-refractivity contribution in [2.24, 2.45) is 0 Å². The molecule has 0 aliphatic rings. The van der Waals surface area contributed by atoms with Gasteiger partial charge in [-0.1, -0.05) is 0 Å². The van der Waals surface area contributed by atoms with Gasteiger partial charge < -0.3 is 0 Å². The second-order valence-electron chi connectivity index (χ2n) is 1.91. The number of hydrogen-bond acceptors (Lipinski definition) is 2. The first-order valence-electron chi connectivity index (χ1n) is 2.66. The predicted octanol–water partition coefficient (Wildman–Crippen LogP) is 1.23. The molecule has 0 aliphatic carbocycles. The van der Waals surface area contributed by atoms with Gasteiger partial charge in [-0.05, 0) is 19.4 Å². The summed E-state index contributed by atoms with van der Waals surface area (Å²) in [4.78, 5) is 6.86. The molecule has 2 nitrogen and oxygen atoms in total. The fourth-order valence-electron chi connectivity index (χ4n) is 0.499. The summed E-state index contributed by atoms with van der Waals surface area (Å²) in [5, 5.41) is 0. The predicted molar refractivity (Wildman–Crippen MR) is 31.5 cm³/mol. The van der Waals surface area contributed by atoms with Gasteiger partial charge in [0.05, 0.1) is 0 Å². The molecule has 3 heteroatoms. The van der Waals surface area contributed by atoms with E-state index in [1.165, 1.54) is 6.20 Å². The lowest BCUT2D eigenvalue weighted by Gasteiger charge is -1.93. The Kier molecular flexibility index (Phi) is 1.42. The highest BCUT2D eigenvalue weighted by Crippen LogP contribution is 1.99. The monoisotopic (exact) mass is 126 g/mol. The molecule has 0 atom stereocenters. The van der Waals surface area contributed by atoms with Crippen LogP contribution in [-0.4, -0.2) is 9.97 Å². The van der Waals surface area contributed by atoms with Crippen LogP contribution in [-0.2, 0) is 0 Å². The first-order chi connectivity index (χ1) is 4.20. The number of nitrogens with zero attached hydrogens (tertiary/aromatic N) is 2. The third kappa shape index (κ3) is 1.22. The molecular formula is C6H7FN2. The van der Waals surface area contributed by atoms with Gasteiger partial charge in [0.2, 0.25) is 0 Å². The lowest BCUT2D eigenvalue weighted by molar-refractivity contribution is 0.533. The van der Waals surface area contributed by atoms with Crippen LogP contribution in [0.15, 0.2) is 6.20 Å². The maximum atomic E-state index is 12.1. The van der Waals surface area contributed by atoms with Crippen LogP contribution in [0.4, 0.5) is 4.39 Å². The van der Waals surface area contributed by atoms with E-state index in [9.17, 15) is 4.39 Å². The molecule has 1 aromatic rings. The quantitative estimate of drug-likeness (QED) is 0.488. The van der Waals surface area contributed by atoms with E-state index in [4.69, 9.17) is 0 Å². The molecule has 0 bridgehead atoms. The van der Waals surface area contributed by atoms with Crippen molar-refractivity contribution in [3.8, 4) is 0 Å². The molecule has 48 valence electrons. The van der Waals surface area contributed by atoms with Gasteiger partial charge in [0, 0.05) is 11.9 Å². The Labute approximate surface area is 52.8 Å². The highest BCUT2D eigenvalue weighted by Gasteiger charge is 1.94. The molecule has 0 saturated carbocycles. The third-order valence-corrected chi connectivity index (χ3v) is 1.20. The minimum atomic E-state index is -0.655. The topological polar surface area (TPSA) is 25.8 Å². The summed E-state index contributed by atoms with van der Waals surface area (Å²) in [7, 11) is 0. The van der Waals surface area contributed by atoms with Crippen molar-refractivity contribution in [2.45, 2.75) is 13.8 Å². The fourth-order valence-corrected chi connectivity index (χ4v) is 0.499. The van der Waals surface area contributed by atoms with Gasteiger partial charge in [0.1, 0.15) is 0 Å². The fraction of sp³-hybridized carbons (Fsp3) is 0.333. The van der Waals surface area contributed by atoms with Crippen molar-refractivity contribution in [3.63, 3.8) is 0 Å². The van der Waals surface area contributed by atoms with Crippen LogP contribution in [0.5, 0.6) is 0 Å². The normalized spacial score (nSPS) is 9.67. The molecule has 0 aliphatic heterocycles. The van der Waals surface area contributed by atoms with E-state index in [-0.39, 0.29) is 0 Å². The summed E-state index contributed by atoms with van der Waals surface area (Å²) in [6, 6.07) is 0. The maximum absolute atomic E-state index is 12.1. The summed E-state index contributed by atoms with van der Waals surface area (Å²) >= 11 is 0. The van der Waals surface area contributed by atoms with Gasteiger partial charge in [0.15, 0.2) is 0 Å². The lowest BCUT2D eigenvalue weighted by Crippen LogP contribution is -1.93. The Bertz CT molecular complexity index is 222. The Morgan fingerprint density at radius 3 is 2.56 bits per heavy atom. The van der Waals surface area contributed by atoms with Crippen molar-refractivity contribution in [2.75, 3.05) is 0 Å². The Morgan fingerprint density at radius 1 is 1.44 bits per heavy atom. The van der Waals surface area contributed by atoms with E-state index >= 15 is 0 Å². The molecule has 0 unspecified atom stereocenters. The average Bonchev–Trinajstić information content (AvgIpc) is 1.80. The Morgan fingerprint density at radius 2 is 2.11 bits per heavy atom. The zero-order valence-corrected chi connectivity index (χ0v) is 5.35. The van der Waals surface area contributed by atoms with Crippen molar-refractivity contribution in [1.29, 1.82) is 0 Å². The van der Waals surface area contributed by atoms with Crippen LogP contribution in [0.2, 0.25) is 0 Å². The number of hydrogen-bond donors (Lipinski definition) is 0. The highest BCUT2D eigenvalue weighted by molar-refractivity contribution is 5.10. The van der Waals surface area contributed by atoms with E-state index in [1.54, 1.807) is 6.92 Å². The van der Waals surface area contributed by atoms with Gasteiger partial charge in [-0.2, -0.15) is 4.39 Å². The standard InChI is InChI=1S/C6H7FN2/c1-4-3-8-6(7)9-5(4)2/h3H,1-2H3. The van der Waals surface area contributed by atoms with Crippen molar-refractivity contribution < 1.29 is 4.39 Å². The molecule has 0 spiro atoms. The first-order valence-corrected chi connectivity index (χ1v) is 2.66. The largest absolute Gasteiger partial charge is 0.308 e. The third-order valence-electron chi connectivity index (χ3n) is 1.20. The van der Waals surface area contributed by atoms with Gasteiger partial charge in [-0.3, -0.25) is 0 Å². The molecule has 1 rings (SSSR count). The minimum absolute atomic E-state index is 0.655. The summed E-state index contributed by atoms with van der Waals surface area (Å²) in [5.74, 6) is 0. The number of halogens is 1. The van der Waals surface area contributed by atoms with Crippen molar-refractivity contribution in [3.05, 3.63) is 23.5 Å². The molecule has 9 heavy (non-hydrogen) atoms. The van der Waals surface area contributed by atoms with Crippen LogP contribution in [0.25, 0.3) is 0 Å². The van der Waals surface area contributed by atoms with E-state index < -0.39 is 6.08 Å². The Balaban J connectivity index is 3.17. The van der Waals surface area contributed by atoms with E-state index in [2.05, 4.69) is 9.97 Å². The van der Waals surface area contributed by atoms with Crippen LogP contribution in [0, 0.1) is 19.9 Å². The summed E-state index contributed by atoms with van der Waals surface area (Å²) in [5.41, 5.74) is 1.61. The second kappa shape index (κ2) is 2.09. The first kappa shape index (κ1) is 6.13. The van der Waals surface area contributed by atoms with Gasteiger partial charge >= 0.3 is 6.08 Å². The molecule has 0 radical (unpaired) electrons. The van der Waals surface area contributed by atoms with E-state index in [1.807, 2.05) is 6.92 Å². The van der Waals surface area contributed by atoms with Crippen LogP contribution in [0.3, 0.4) is 0 Å². The van der Waals surface area contributed by atoms with Gasteiger partial charge in [0.25, 0.3) is 0 Å². The lowest BCUT2D eigenvalue weighted by atomic mass is 10.3. The SMILES string of the molecule is Cc1cnc(F)nc1C. The highest BCUT2D eigenvalue weighted by atomic mass is 19.1. The maximum Gasteiger partial charge on any atom is 0.308 e. The summed E-state index contributed by atoms with van der Waals surface area (Å²) < 4.78 is 12.1. The van der Waals surface area contributed by atoms with E-state index in [0.29, 0.717) is 5.69 Å². The molecule has 1 heterocycles. The van der Waals surface area contributed by atoms with Crippen molar-refractivity contribution >= 4 is 0 Å². The molecular weight excluding hydrogens is 119 g/mol. The van der Waals surface area contributed by atoms with E-state index in [0.717, 1.165) is 5.56 Å². The number of aryl methyl sites for hydroxylation is 2. The summed E-state index contributed by atoms with van der Waals surface area (Å²) in [6.07, 6.45) is 0.815. The molecule has 0 saturated heterocycles. The molecule has 0 fully saturated rings. The molecule has 1 aromatic heterocycles. The second-order valence-corrected chi connectivity index (χ2v) is 1.91. The zero-order valence-electron chi connectivity index (χ0n) is 5.35. The molecule has 0 amide bonds. The number of rotatable bonds is 0. The Hall–Kier alpha value is -0.990. The van der Waals surface area contributed by atoms with Crippen LogP contribution in [0.1, 0.15) is 11.3 Å². The minimum Gasteiger partial charge on any atom is -0.211 e. The van der Waals surface area contributed by atoms with Crippen molar-refractivity contribution in [1.82, 2.24) is 9.97 Å². The average molecular weight is 126 g/mol. The van der Waals surface area contributed by atoms with Crippen LogP contribution < -0.4 is 0 Å². The molecule has 0 N–H and O–H groups in total. The van der Waals surface area contributed by atoms with Gasteiger partial charge in [-0.25, -0.2) is 9.97 Å². The van der Waals surface area contributed by atoms with Gasteiger partial charge in [-0.15, -0.1) is 0 Å². The number of aromatic nitrogens is 2. The van der Waals surface area contributed by atoms with Crippen LogP contribution >= 0.6 is 0 Å². The smallest absolute Gasteiger partial charge is 0.211 e. The zero-order chi connectivity index (χ0) is 6.85. The summed E-state index contributed by atoms with van der Waals surface area (Å²) in [6.45, 7) is 3.59.